The molecule has 1 aromatic carbocycles. The molecule has 1 aromatic rings. The molecule has 1 amide bonds. The van der Waals surface area contributed by atoms with Gasteiger partial charge in [-0.3, -0.25) is 4.79 Å². The molecule has 0 heterocycles. The molecule has 0 bridgehead atoms. The third kappa shape index (κ3) is 4.15. The first-order valence-corrected chi connectivity index (χ1v) is 6.52. The van der Waals surface area contributed by atoms with E-state index in [2.05, 4.69) is 24.4 Å². The van der Waals surface area contributed by atoms with Crippen LogP contribution in [0.25, 0.3) is 0 Å². The summed E-state index contributed by atoms with van der Waals surface area (Å²) in [6.45, 7) is 8.01. The lowest BCUT2D eigenvalue weighted by Crippen LogP contribution is -2.47. The lowest BCUT2D eigenvalue weighted by atomic mass is 10.0. The monoisotopic (exact) mass is 248 g/mol. The third-order valence-corrected chi connectivity index (χ3v) is 3.20. The van der Waals surface area contributed by atoms with Crippen molar-refractivity contribution in [2.75, 3.05) is 0 Å². The summed E-state index contributed by atoms with van der Waals surface area (Å²) in [6.07, 6.45) is 0.837. The number of hydrogen-bond donors (Lipinski definition) is 2. The molecule has 0 saturated heterocycles. The van der Waals surface area contributed by atoms with Crippen molar-refractivity contribution in [2.45, 2.75) is 46.2 Å². The molecule has 0 aliphatic carbocycles. The fraction of sp³-hybridized carbons (Fsp3) is 0.533. The predicted molar refractivity (Wildman–Crippen MR) is 75.3 cm³/mol. The number of nitrogens with one attached hydrogen (secondary N) is 1. The van der Waals surface area contributed by atoms with Crippen molar-refractivity contribution in [1.82, 2.24) is 5.32 Å². The van der Waals surface area contributed by atoms with E-state index in [1.165, 1.54) is 11.1 Å². The van der Waals surface area contributed by atoms with Crippen LogP contribution in [0.5, 0.6) is 0 Å². The Hall–Kier alpha value is -1.35. The number of amides is 1. The van der Waals surface area contributed by atoms with E-state index in [4.69, 9.17) is 5.73 Å². The fourth-order valence-electron chi connectivity index (χ4n) is 1.86. The van der Waals surface area contributed by atoms with E-state index in [0.29, 0.717) is 0 Å². The maximum absolute atomic E-state index is 11.8. The normalized spacial score (nSPS) is 14.3. The van der Waals surface area contributed by atoms with Crippen molar-refractivity contribution in [1.29, 1.82) is 0 Å². The Labute approximate surface area is 110 Å². The van der Waals surface area contributed by atoms with Gasteiger partial charge < -0.3 is 11.1 Å². The highest BCUT2D eigenvalue weighted by Crippen LogP contribution is 2.10. The Morgan fingerprint density at radius 3 is 2.44 bits per heavy atom. The first kappa shape index (κ1) is 14.7. The van der Waals surface area contributed by atoms with Gasteiger partial charge in [0, 0.05) is 6.04 Å². The van der Waals surface area contributed by atoms with Gasteiger partial charge in [0.1, 0.15) is 0 Å². The molecular formula is C15H24N2O. The molecule has 2 atom stereocenters. The van der Waals surface area contributed by atoms with Crippen molar-refractivity contribution in [3.8, 4) is 0 Å². The summed E-state index contributed by atoms with van der Waals surface area (Å²) in [4.78, 5) is 11.8. The van der Waals surface area contributed by atoms with Crippen molar-refractivity contribution in [2.24, 2.45) is 11.7 Å². The maximum Gasteiger partial charge on any atom is 0.237 e. The van der Waals surface area contributed by atoms with Crippen LogP contribution in [-0.2, 0) is 11.2 Å². The molecule has 0 fully saturated rings. The molecule has 0 aliphatic heterocycles. The van der Waals surface area contributed by atoms with Gasteiger partial charge in [0.2, 0.25) is 5.91 Å². The summed E-state index contributed by atoms with van der Waals surface area (Å²) < 4.78 is 0. The second-order valence-electron chi connectivity index (χ2n) is 5.31. The average molecular weight is 248 g/mol. The summed E-state index contributed by atoms with van der Waals surface area (Å²) in [6, 6.07) is 7.91. The van der Waals surface area contributed by atoms with Gasteiger partial charge in [0.05, 0.1) is 6.04 Å². The number of carbonyl (C=O) groups excluding carboxylic acids is 1. The highest BCUT2D eigenvalue weighted by Gasteiger charge is 2.18. The minimum Gasteiger partial charge on any atom is -0.352 e. The molecule has 0 aromatic heterocycles. The number of hydrogen-bond acceptors (Lipinski definition) is 2. The van der Waals surface area contributed by atoms with Crippen LogP contribution in [0.3, 0.4) is 0 Å². The summed E-state index contributed by atoms with van der Waals surface area (Å²) in [7, 11) is 0. The number of aryl methyl sites for hydroxylation is 1. The highest BCUT2D eigenvalue weighted by atomic mass is 16.2. The van der Waals surface area contributed by atoms with Crippen molar-refractivity contribution in [3.05, 3.63) is 35.4 Å². The van der Waals surface area contributed by atoms with Gasteiger partial charge in [-0.2, -0.15) is 0 Å². The van der Waals surface area contributed by atoms with E-state index < -0.39 is 6.04 Å². The molecule has 0 aliphatic rings. The molecule has 100 valence electrons. The molecule has 3 heteroatoms. The smallest absolute Gasteiger partial charge is 0.237 e. The van der Waals surface area contributed by atoms with Gasteiger partial charge >= 0.3 is 0 Å². The SMILES string of the molecule is Cc1ccccc1CC(C)NC(=O)[C@@H](N)C(C)C. The number of carbonyl (C=O) groups is 1. The molecular weight excluding hydrogens is 224 g/mol. The van der Waals surface area contributed by atoms with Crippen LogP contribution < -0.4 is 11.1 Å². The van der Waals surface area contributed by atoms with Gasteiger partial charge in [-0.25, -0.2) is 0 Å². The minimum absolute atomic E-state index is 0.0638. The highest BCUT2D eigenvalue weighted by molar-refractivity contribution is 5.82. The van der Waals surface area contributed by atoms with Crippen molar-refractivity contribution >= 4 is 5.91 Å². The molecule has 3 N–H and O–H groups in total. The maximum atomic E-state index is 11.8. The standard InChI is InChI=1S/C15H24N2O/c1-10(2)14(16)15(18)17-12(4)9-13-8-6-5-7-11(13)3/h5-8,10,12,14H,9,16H2,1-4H3,(H,17,18)/t12?,14-/m0/s1. The van der Waals surface area contributed by atoms with Crippen molar-refractivity contribution < 1.29 is 4.79 Å². The van der Waals surface area contributed by atoms with E-state index in [9.17, 15) is 4.79 Å². The molecule has 1 unspecified atom stereocenters. The quantitative estimate of drug-likeness (QED) is 0.837. The Bertz CT molecular complexity index is 401. The Morgan fingerprint density at radius 1 is 1.28 bits per heavy atom. The largest absolute Gasteiger partial charge is 0.352 e. The average Bonchev–Trinajstić information content (AvgIpc) is 2.30. The zero-order valence-corrected chi connectivity index (χ0v) is 11.7. The predicted octanol–water partition coefficient (Wildman–Crippen LogP) is 2.03. The molecule has 0 radical (unpaired) electrons. The van der Waals surface area contributed by atoms with Crippen LogP contribution in [0.4, 0.5) is 0 Å². The second kappa shape index (κ2) is 6.55. The van der Waals surface area contributed by atoms with Crippen LogP contribution in [0.1, 0.15) is 31.9 Å². The zero-order valence-electron chi connectivity index (χ0n) is 11.7. The Kier molecular flexibility index (Phi) is 5.35. The van der Waals surface area contributed by atoms with Gasteiger partial charge in [0.15, 0.2) is 0 Å². The number of benzene rings is 1. The fourth-order valence-corrected chi connectivity index (χ4v) is 1.86. The summed E-state index contributed by atoms with van der Waals surface area (Å²) in [5, 5.41) is 2.97. The molecule has 1 rings (SSSR count). The van der Waals surface area contributed by atoms with E-state index in [-0.39, 0.29) is 17.9 Å². The van der Waals surface area contributed by atoms with Gasteiger partial charge in [0.25, 0.3) is 0 Å². The summed E-state index contributed by atoms with van der Waals surface area (Å²) in [5.74, 6) is 0.0988. The van der Waals surface area contributed by atoms with Crippen molar-refractivity contribution in [3.63, 3.8) is 0 Å². The molecule has 0 spiro atoms. The Morgan fingerprint density at radius 2 is 1.89 bits per heavy atom. The molecule has 3 nitrogen and oxygen atoms in total. The first-order chi connectivity index (χ1) is 8.41. The Balaban J connectivity index is 2.55. The zero-order chi connectivity index (χ0) is 13.7. The van der Waals surface area contributed by atoms with Gasteiger partial charge in [-0.05, 0) is 37.3 Å². The minimum atomic E-state index is -0.427. The summed E-state index contributed by atoms with van der Waals surface area (Å²) in [5.41, 5.74) is 8.34. The van der Waals surface area contributed by atoms with E-state index in [1.54, 1.807) is 0 Å². The van der Waals surface area contributed by atoms with Crippen LogP contribution in [0, 0.1) is 12.8 Å². The van der Waals surface area contributed by atoms with Crippen LogP contribution in [0.2, 0.25) is 0 Å². The lowest BCUT2D eigenvalue weighted by molar-refractivity contribution is -0.123. The van der Waals surface area contributed by atoms with E-state index >= 15 is 0 Å². The lowest BCUT2D eigenvalue weighted by Gasteiger charge is -2.20. The van der Waals surface area contributed by atoms with Gasteiger partial charge in [-0.15, -0.1) is 0 Å². The number of nitrogens with two attached hydrogens (primary N) is 1. The molecule has 18 heavy (non-hydrogen) atoms. The van der Waals surface area contributed by atoms with Crippen LogP contribution in [-0.4, -0.2) is 18.0 Å². The third-order valence-electron chi connectivity index (χ3n) is 3.20. The topological polar surface area (TPSA) is 55.1 Å². The molecule has 0 saturated carbocycles. The van der Waals surface area contributed by atoms with Gasteiger partial charge in [-0.1, -0.05) is 38.1 Å². The second-order valence-corrected chi connectivity index (χ2v) is 5.31. The van der Waals surface area contributed by atoms with Crippen LogP contribution >= 0.6 is 0 Å². The van der Waals surface area contributed by atoms with Crippen LogP contribution in [0.15, 0.2) is 24.3 Å². The van der Waals surface area contributed by atoms with E-state index in [1.807, 2.05) is 32.9 Å². The van der Waals surface area contributed by atoms with E-state index in [0.717, 1.165) is 6.42 Å². The number of rotatable bonds is 5. The summed E-state index contributed by atoms with van der Waals surface area (Å²) >= 11 is 0. The first-order valence-electron chi connectivity index (χ1n) is 6.52.